The predicted octanol–water partition coefficient (Wildman–Crippen LogP) is 1.04. The molecule has 1 fully saturated rings. The Morgan fingerprint density at radius 3 is 3.00 bits per heavy atom. The minimum atomic E-state index is -3.62. The topological polar surface area (TPSA) is 86.1 Å². The summed E-state index contributed by atoms with van der Waals surface area (Å²) in [6.07, 6.45) is 6.88. The number of rotatable bonds is 4. The Kier molecular flexibility index (Phi) is 3.41. The van der Waals surface area contributed by atoms with Crippen LogP contribution >= 0.6 is 0 Å². The second-order valence-electron chi connectivity index (χ2n) is 4.52. The highest BCUT2D eigenvalue weighted by Gasteiger charge is 2.20. The first-order valence-electron chi connectivity index (χ1n) is 6.20. The fourth-order valence-electron chi connectivity index (χ4n) is 2.04. The zero-order chi connectivity index (χ0) is 14.0. The zero-order valence-corrected chi connectivity index (χ0v) is 11.5. The summed E-state index contributed by atoms with van der Waals surface area (Å²) in [5, 5.41) is 4.17. The summed E-state index contributed by atoms with van der Waals surface area (Å²) in [5.41, 5.74) is 0.431. The van der Waals surface area contributed by atoms with Crippen LogP contribution in [0.5, 0.6) is 0 Å². The molecule has 3 rings (SSSR count). The van der Waals surface area contributed by atoms with E-state index in [4.69, 9.17) is 4.74 Å². The second kappa shape index (κ2) is 5.22. The summed E-state index contributed by atoms with van der Waals surface area (Å²) in [7, 11) is -3.62. The molecule has 0 bridgehead atoms. The predicted molar refractivity (Wildman–Crippen MR) is 71.7 cm³/mol. The van der Waals surface area contributed by atoms with Gasteiger partial charge in [-0.2, -0.15) is 5.10 Å². The van der Waals surface area contributed by atoms with Crippen LogP contribution in [0.1, 0.15) is 12.5 Å². The third-order valence-electron chi connectivity index (χ3n) is 3.08. The number of nitrogens with zero attached hydrogens (tertiary/aromatic N) is 3. The molecule has 0 radical (unpaired) electrons. The fourth-order valence-corrected chi connectivity index (χ4v) is 3.03. The molecule has 3 heterocycles. The normalized spacial score (nSPS) is 19.1. The van der Waals surface area contributed by atoms with Crippen molar-refractivity contribution in [1.82, 2.24) is 14.8 Å². The van der Waals surface area contributed by atoms with E-state index in [0.717, 1.165) is 6.42 Å². The highest BCUT2D eigenvalue weighted by atomic mass is 32.2. The summed E-state index contributed by atoms with van der Waals surface area (Å²) in [6, 6.07) is 3.24. The molecule has 0 unspecified atom stereocenters. The summed E-state index contributed by atoms with van der Waals surface area (Å²) >= 11 is 0. The second-order valence-corrected chi connectivity index (χ2v) is 6.20. The largest absolute Gasteiger partial charge is 0.379 e. The van der Waals surface area contributed by atoms with Crippen LogP contribution in [0.4, 0.5) is 5.69 Å². The average Bonchev–Trinajstić information content (AvgIpc) is 3.10. The van der Waals surface area contributed by atoms with Gasteiger partial charge < -0.3 is 4.74 Å². The van der Waals surface area contributed by atoms with E-state index in [-0.39, 0.29) is 10.9 Å². The van der Waals surface area contributed by atoms with Crippen molar-refractivity contribution in [3.05, 3.63) is 36.9 Å². The van der Waals surface area contributed by atoms with E-state index >= 15 is 0 Å². The number of hydrogen-bond donors (Lipinski definition) is 1. The molecule has 1 N–H and O–H groups in total. The molecule has 106 valence electrons. The number of pyridine rings is 1. The lowest BCUT2D eigenvalue weighted by Gasteiger charge is -2.07. The van der Waals surface area contributed by atoms with Crippen molar-refractivity contribution >= 4 is 15.7 Å². The molecule has 8 heteroatoms. The van der Waals surface area contributed by atoms with E-state index < -0.39 is 10.0 Å². The van der Waals surface area contributed by atoms with E-state index in [2.05, 4.69) is 14.8 Å². The molecule has 2 aromatic rings. The minimum absolute atomic E-state index is 0.122. The molecule has 0 saturated carbocycles. The molecule has 0 aromatic carbocycles. The highest BCUT2D eigenvalue weighted by Crippen LogP contribution is 2.21. The van der Waals surface area contributed by atoms with Crippen LogP contribution in [0, 0.1) is 0 Å². The lowest BCUT2D eigenvalue weighted by molar-refractivity contribution is 0.184. The van der Waals surface area contributed by atoms with Crippen LogP contribution in [-0.2, 0) is 14.8 Å². The molecule has 7 nitrogen and oxygen atoms in total. The van der Waals surface area contributed by atoms with Gasteiger partial charge in [0, 0.05) is 25.2 Å². The quantitative estimate of drug-likeness (QED) is 0.910. The molecule has 1 aliphatic heterocycles. The summed E-state index contributed by atoms with van der Waals surface area (Å²) in [5.74, 6) is 0. The van der Waals surface area contributed by atoms with Gasteiger partial charge in [-0.25, -0.2) is 8.42 Å². The highest BCUT2D eigenvalue weighted by molar-refractivity contribution is 7.92. The van der Waals surface area contributed by atoms with Crippen molar-refractivity contribution in [2.75, 3.05) is 17.9 Å². The van der Waals surface area contributed by atoms with Gasteiger partial charge in [0.15, 0.2) is 0 Å². The Morgan fingerprint density at radius 2 is 2.30 bits per heavy atom. The Hall–Kier alpha value is -1.93. The summed E-state index contributed by atoms with van der Waals surface area (Å²) in [4.78, 5) is 3.93. The molecule has 1 atom stereocenters. The van der Waals surface area contributed by atoms with Crippen molar-refractivity contribution in [3.63, 3.8) is 0 Å². The van der Waals surface area contributed by atoms with E-state index in [1.54, 1.807) is 16.9 Å². The number of hydrogen-bond acceptors (Lipinski definition) is 5. The third-order valence-corrected chi connectivity index (χ3v) is 4.44. The first-order valence-corrected chi connectivity index (χ1v) is 7.68. The van der Waals surface area contributed by atoms with Crippen molar-refractivity contribution in [2.24, 2.45) is 0 Å². The average molecular weight is 294 g/mol. The molecule has 2 aromatic heterocycles. The summed E-state index contributed by atoms with van der Waals surface area (Å²) in [6.45, 7) is 1.32. The van der Waals surface area contributed by atoms with Crippen LogP contribution in [0.15, 0.2) is 41.8 Å². The monoisotopic (exact) mass is 294 g/mol. The van der Waals surface area contributed by atoms with E-state index in [1.165, 1.54) is 24.7 Å². The number of aromatic nitrogens is 3. The number of anilines is 1. The third kappa shape index (κ3) is 2.66. The van der Waals surface area contributed by atoms with Crippen molar-refractivity contribution in [3.8, 4) is 0 Å². The Balaban J connectivity index is 1.78. The molecule has 1 saturated heterocycles. The Morgan fingerprint density at radius 1 is 1.40 bits per heavy atom. The zero-order valence-electron chi connectivity index (χ0n) is 10.6. The van der Waals surface area contributed by atoms with E-state index in [1.807, 2.05) is 0 Å². The maximum atomic E-state index is 12.1. The van der Waals surface area contributed by atoms with Gasteiger partial charge in [0.05, 0.1) is 24.5 Å². The first kappa shape index (κ1) is 13.1. The lowest BCUT2D eigenvalue weighted by Crippen LogP contribution is -2.13. The molecule has 20 heavy (non-hydrogen) atoms. The molecule has 1 aliphatic rings. The van der Waals surface area contributed by atoms with Crippen LogP contribution < -0.4 is 4.72 Å². The Bertz CT molecular complexity index is 678. The standard InChI is InChI=1S/C12H14N4O3S/c17-20(18,12-2-1-4-13-7-12)15-10-6-14-16(8-10)11-3-5-19-9-11/h1-2,4,6-8,11,15H,3,5,9H2/t11-/m1/s1. The van der Waals surface area contributed by atoms with Crippen molar-refractivity contribution < 1.29 is 13.2 Å². The van der Waals surface area contributed by atoms with Gasteiger partial charge in [-0.05, 0) is 18.6 Å². The van der Waals surface area contributed by atoms with Gasteiger partial charge >= 0.3 is 0 Å². The Labute approximate surface area is 116 Å². The van der Waals surface area contributed by atoms with Gasteiger partial charge in [-0.3, -0.25) is 14.4 Å². The molecular formula is C12H14N4O3S. The lowest BCUT2D eigenvalue weighted by atomic mass is 10.3. The molecule has 0 spiro atoms. The van der Waals surface area contributed by atoms with E-state index in [0.29, 0.717) is 18.9 Å². The van der Waals surface area contributed by atoms with Crippen LogP contribution in [0.2, 0.25) is 0 Å². The van der Waals surface area contributed by atoms with Crippen molar-refractivity contribution in [1.29, 1.82) is 0 Å². The molecule has 0 aliphatic carbocycles. The number of sulfonamides is 1. The fraction of sp³-hybridized carbons (Fsp3) is 0.333. The van der Waals surface area contributed by atoms with Gasteiger partial charge in [-0.15, -0.1) is 0 Å². The van der Waals surface area contributed by atoms with Gasteiger partial charge in [0.1, 0.15) is 4.90 Å². The van der Waals surface area contributed by atoms with Gasteiger partial charge in [-0.1, -0.05) is 0 Å². The van der Waals surface area contributed by atoms with E-state index in [9.17, 15) is 8.42 Å². The maximum Gasteiger partial charge on any atom is 0.263 e. The first-order chi connectivity index (χ1) is 9.65. The number of ether oxygens (including phenoxy) is 1. The molecular weight excluding hydrogens is 280 g/mol. The number of nitrogens with one attached hydrogen (secondary N) is 1. The van der Waals surface area contributed by atoms with Gasteiger partial charge in [0.2, 0.25) is 0 Å². The summed E-state index contributed by atoms with van der Waals surface area (Å²) < 4.78 is 33.7. The smallest absolute Gasteiger partial charge is 0.263 e. The maximum absolute atomic E-state index is 12.1. The molecule has 0 amide bonds. The minimum Gasteiger partial charge on any atom is -0.379 e. The van der Waals surface area contributed by atoms with Gasteiger partial charge in [0.25, 0.3) is 10.0 Å². The van der Waals surface area contributed by atoms with Crippen LogP contribution in [0.25, 0.3) is 0 Å². The van der Waals surface area contributed by atoms with Crippen molar-refractivity contribution in [2.45, 2.75) is 17.4 Å². The van der Waals surface area contributed by atoms with Crippen LogP contribution in [0.3, 0.4) is 0 Å². The van der Waals surface area contributed by atoms with Crippen LogP contribution in [-0.4, -0.2) is 36.4 Å². The SMILES string of the molecule is O=S(=O)(Nc1cnn([C@@H]2CCOC2)c1)c1cccnc1.